The van der Waals surface area contributed by atoms with Crippen LogP contribution < -0.4 is 0 Å². The van der Waals surface area contributed by atoms with Gasteiger partial charge in [0.1, 0.15) is 0 Å². The highest BCUT2D eigenvalue weighted by Gasteiger charge is 2.21. The van der Waals surface area contributed by atoms with Crippen molar-refractivity contribution in [3.05, 3.63) is 34.8 Å². The van der Waals surface area contributed by atoms with Crippen LogP contribution >= 0.6 is 15.9 Å². The number of carbonyl (C=O) groups excluding carboxylic acids is 1. The topological polar surface area (TPSA) is 59.2 Å². The quantitative estimate of drug-likeness (QED) is 0.779. The summed E-state index contributed by atoms with van der Waals surface area (Å²) in [6.45, 7) is 4.93. The molecule has 0 aromatic carbocycles. The fourth-order valence-corrected chi connectivity index (χ4v) is 3.12. The van der Waals surface area contributed by atoms with Crippen molar-refractivity contribution in [1.29, 1.82) is 0 Å². The van der Waals surface area contributed by atoms with E-state index in [1.165, 1.54) is 5.56 Å². The summed E-state index contributed by atoms with van der Waals surface area (Å²) >= 11 is 3.36. The fraction of sp³-hybridized carbons (Fsp3) is 0.533. The van der Waals surface area contributed by atoms with Crippen LogP contribution in [0.1, 0.15) is 12.0 Å². The number of hydrogen-bond acceptors (Lipinski definition) is 4. The molecule has 2 aromatic heterocycles. The van der Waals surface area contributed by atoms with Gasteiger partial charge in [0, 0.05) is 70.7 Å². The highest BCUT2D eigenvalue weighted by molar-refractivity contribution is 9.10. The molecule has 1 saturated heterocycles. The lowest BCUT2D eigenvalue weighted by Gasteiger charge is -2.34. The number of halogens is 1. The molecule has 0 saturated carbocycles. The van der Waals surface area contributed by atoms with E-state index in [4.69, 9.17) is 0 Å². The molecule has 0 radical (unpaired) electrons. The third-order valence-corrected chi connectivity index (χ3v) is 4.46. The second-order valence-electron chi connectivity index (χ2n) is 5.85. The number of rotatable bonds is 5. The molecule has 3 rings (SSSR count). The molecule has 3 heterocycles. The average Bonchev–Trinajstić information content (AvgIpc) is 3.14. The third-order valence-electron chi connectivity index (χ3n) is 4.05. The summed E-state index contributed by atoms with van der Waals surface area (Å²) in [6, 6.07) is 0. The van der Waals surface area contributed by atoms with Crippen LogP contribution in [0.2, 0.25) is 0 Å². The molecule has 7 nitrogen and oxygen atoms in total. The Balaban J connectivity index is 1.42. The van der Waals surface area contributed by atoms with E-state index in [0.717, 1.165) is 37.2 Å². The van der Waals surface area contributed by atoms with Crippen LogP contribution in [-0.4, -0.2) is 61.4 Å². The molecule has 8 heteroatoms. The first-order valence-corrected chi connectivity index (χ1v) is 8.55. The molecule has 0 unspecified atom stereocenters. The summed E-state index contributed by atoms with van der Waals surface area (Å²) in [5.74, 6) is 0.206. The Morgan fingerprint density at radius 2 is 1.96 bits per heavy atom. The smallest absolute Gasteiger partial charge is 0.224 e. The first-order chi connectivity index (χ1) is 11.1. The zero-order chi connectivity index (χ0) is 16.2. The SMILES string of the molecule is Cn1cc(CN2CCN(C(=O)CCn3cc(Br)cn3)CC2)cn1. The Kier molecular flexibility index (Phi) is 5.12. The van der Waals surface area contributed by atoms with Gasteiger partial charge >= 0.3 is 0 Å². The highest BCUT2D eigenvalue weighted by atomic mass is 79.9. The van der Waals surface area contributed by atoms with Gasteiger partial charge in [0.15, 0.2) is 0 Å². The molecular weight excluding hydrogens is 360 g/mol. The average molecular weight is 381 g/mol. The van der Waals surface area contributed by atoms with Crippen molar-refractivity contribution in [3.63, 3.8) is 0 Å². The van der Waals surface area contributed by atoms with Crippen LogP contribution in [0.25, 0.3) is 0 Å². The molecule has 124 valence electrons. The van der Waals surface area contributed by atoms with Crippen LogP contribution in [0, 0.1) is 0 Å². The van der Waals surface area contributed by atoms with E-state index in [1.807, 2.05) is 35.2 Å². The van der Waals surface area contributed by atoms with Crippen molar-refractivity contribution < 1.29 is 4.79 Å². The zero-order valence-electron chi connectivity index (χ0n) is 13.2. The second kappa shape index (κ2) is 7.27. The summed E-state index contributed by atoms with van der Waals surface area (Å²) in [5, 5.41) is 8.37. The number of nitrogens with zero attached hydrogens (tertiary/aromatic N) is 6. The highest BCUT2D eigenvalue weighted by Crippen LogP contribution is 2.10. The molecule has 0 N–H and O–H groups in total. The number of aryl methyl sites for hydroxylation is 2. The van der Waals surface area contributed by atoms with Crippen molar-refractivity contribution in [2.24, 2.45) is 7.05 Å². The third kappa shape index (κ3) is 4.42. The van der Waals surface area contributed by atoms with Crippen LogP contribution in [0.4, 0.5) is 0 Å². The van der Waals surface area contributed by atoms with Gasteiger partial charge in [0.05, 0.1) is 16.9 Å². The summed E-state index contributed by atoms with van der Waals surface area (Å²) in [6.07, 6.45) is 8.07. The van der Waals surface area contributed by atoms with Crippen molar-refractivity contribution in [2.45, 2.75) is 19.5 Å². The first kappa shape index (κ1) is 16.2. The lowest BCUT2D eigenvalue weighted by Crippen LogP contribution is -2.48. The zero-order valence-corrected chi connectivity index (χ0v) is 14.8. The maximum atomic E-state index is 12.3. The van der Waals surface area contributed by atoms with E-state index in [-0.39, 0.29) is 5.91 Å². The minimum atomic E-state index is 0.206. The monoisotopic (exact) mass is 380 g/mol. The van der Waals surface area contributed by atoms with Crippen molar-refractivity contribution >= 4 is 21.8 Å². The number of piperazine rings is 1. The lowest BCUT2D eigenvalue weighted by molar-refractivity contribution is -0.133. The summed E-state index contributed by atoms with van der Waals surface area (Å²) in [7, 11) is 1.93. The molecule has 1 aliphatic heterocycles. The molecular formula is C15H21BrN6O. The standard InChI is InChI=1S/C15H21BrN6O/c1-19-10-13(8-17-19)11-20-4-6-21(7-5-20)15(23)2-3-22-12-14(16)9-18-22/h8-10,12H,2-7,11H2,1H3. The number of hydrogen-bond donors (Lipinski definition) is 0. The van der Waals surface area contributed by atoms with Gasteiger partial charge in [-0.05, 0) is 15.9 Å². The molecule has 1 aliphatic rings. The van der Waals surface area contributed by atoms with Gasteiger partial charge in [-0.15, -0.1) is 0 Å². The molecule has 0 aliphatic carbocycles. The summed E-state index contributed by atoms with van der Waals surface area (Å²) in [5.41, 5.74) is 1.22. The lowest BCUT2D eigenvalue weighted by atomic mass is 10.2. The van der Waals surface area contributed by atoms with E-state index in [2.05, 4.69) is 31.0 Å². The summed E-state index contributed by atoms with van der Waals surface area (Å²) < 4.78 is 4.55. The van der Waals surface area contributed by atoms with Crippen molar-refractivity contribution in [3.8, 4) is 0 Å². The van der Waals surface area contributed by atoms with Gasteiger partial charge in [-0.1, -0.05) is 0 Å². The maximum Gasteiger partial charge on any atom is 0.224 e. The van der Waals surface area contributed by atoms with Crippen LogP contribution in [0.15, 0.2) is 29.3 Å². The Morgan fingerprint density at radius 3 is 2.57 bits per heavy atom. The maximum absolute atomic E-state index is 12.3. The van der Waals surface area contributed by atoms with Gasteiger partial charge < -0.3 is 4.90 Å². The molecule has 23 heavy (non-hydrogen) atoms. The van der Waals surface area contributed by atoms with Gasteiger partial charge in [-0.2, -0.15) is 10.2 Å². The van der Waals surface area contributed by atoms with E-state index in [0.29, 0.717) is 13.0 Å². The predicted octanol–water partition coefficient (Wildman–Crippen LogP) is 1.11. The van der Waals surface area contributed by atoms with Gasteiger partial charge in [0.2, 0.25) is 5.91 Å². The Morgan fingerprint density at radius 1 is 1.17 bits per heavy atom. The normalized spacial score (nSPS) is 16.0. The van der Waals surface area contributed by atoms with E-state index in [9.17, 15) is 4.79 Å². The molecule has 1 fully saturated rings. The minimum Gasteiger partial charge on any atom is -0.340 e. The number of amides is 1. The number of aromatic nitrogens is 4. The molecule has 0 atom stereocenters. The Hall–Kier alpha value is -1.67. The van der Waals surface area contributed by atoms with E-state index < -0.39 is 0 Å². The minimum absolute atomic E-state index is 0.206. The van der Waals surface area contributed by atoms with Crippen LogP contribution in [0.3, 0.4) is 0 Å². The fourth-order valence-electron chi connectivity index (χ4n) is 2.80. The molecule has 0 spiro atoms. The van der Waals surface area contributed by atoms with Crippen molar-refractivity contribution in [1.82, 2.24) is 29.4 Å². The second-order valence-corrected chi connectivity index (χ2v) is 6.77. The predicted molar refractivity (Wildman–Crippen MR) is 89.6 cm³/mol. The molecule has 1 amide bonds. The first-order valence-electron chi connectivity index (χ1n) is 7.76. The Labute approximate surface area is 144 Å². The largest absolute Gasteiger partial charge is 0.340 e. The van der Waals surface area contributed by atoms with Gasteiger partial charge in [-0.25, -0.2) is 0 Å². The summed E-state index contributed by atoms with van der Waals surface area (Å²) in [4.78, 5) is 16.6. The van der Waals surface area contributed by atoms with Gasteiger partial charge in [0.25, 0.3) is 0 Å². The van der Waals surface area contributed by atoms with E-state index >= 15 is 0 Å². The molecule has 0 bridgehead atoms. The number of carbonyl (C=O) groups is 1. The van der Waals surface area contributed by atoms with Crippen LogP contribution in [0.5, 0.6) is 0 Å². The van der Waals surface area contributed by atoms with Crippen LogP contribution in [-0.2, 0) is 24.9 Å². The van der Waals surface area contributed by atoms with Gasteiger partial charge in [-0.3, -0.25) is 19.1 Å². The van der Waals surface area contributed by atoms with E-state index in [1.54, 1.807) is 10.9 Å². The molecule has 2 aromatic rings. The Bertz CT molecular complexity index is 658. The van der Waals surface area contributed by atoms with Crippen molar-refractivity contribution in [2.75, 3.05) is 26.2 Å².